The molecule has 1 aliphatic rings. The fourth-order valence-electron chi connectivity index (χ4n) is 2.19. The van der Waals surface area contributed by atoms with Crippen LogP contribution >= 0.6 is 11.6 Å². The van der Waals surface area contributed by atoms with E-state index in [-0.39, 0.29) is 0 Å². The van der Waals surface area contributed by atoms with Crippen LogP contribution in [0.3, 0.4) is 0 Å². The van der Waals surface area contributed by atoms with E-state index < -0.39 is 0 Å². The number of aromatic nitrogens is 1. The summed E-state index contributed by atoms with van der Waals surface area (Å²) in [6.07, 6.45) is 5.80. The van der Waals surface area contributed by atoms with Gasteiger partial charge in [-0.2, -0.15) is 0 Å². The van der Waals surface area contributed by atoms with Gasteiger partial charge in [-0.15, -0.1) is 0 Å². The highest BCUT2D eigenvalue weighted by molar-refractivity contribution is 6.33. The molecule has 0 spiro atoms. The van der Waals surface area contributed by atoms with Gasteiger partial charge in [0.1, 0.15) is 5.82 Å². The number of hydrogen-bond acceptors (Lipinski definition) is 3. The van der Waals surface area contributed by atoms with E-state index >= 15 is 0 Å². The first kappa shape index (κ1) is 14.6. The first-order valence-corrected chi connectivity index (χ1v) is 7.72. The summed E-state index contributed by atoms with van der Waals surface area (Å²) in [5.41, 5.74) is 1.16. The summed E-state index contributed by atoms with van der Waals surface area (Å²) >= 11 is 6.39. The number of pyridine rings is 1. The van der Waals surface area contributed by atoms with E-state index in [0.717, 1.165) is 54.9 Å². The number of nitrogens with one attached hydrogen (secondary N) is 1. The molecule has 1 heterocycles. The molecule has 0 aromatic carbocycles. The van der Waals surface area contributed by atoms with Gasteiger partial charge >= 0.3 is 0 Å². The lowest BCUT2D eigenvalue weighted by Crippen LogP contribution is -2.26. The van der Waals surface area contributed by atoms with Gasteiger partial charge in [0.15, 0.2) is 0 Å². The number of anilines is 1. The Bertz CT molecular complexity index is 404. The Hall–Kier alpha value is -0.800. The quantitative estimate of drug-likeness (QED) is 0.740. The van der Waals surface area contributed by atoms with E-state index in [1.165, 1.54) is 12.8 Å². The predicted octanol–water partition coefficient (Wildman–Crippen LogP) is 3.47. The Kier molecular flexibility index (Phi) is 5.46. The van der Waals surface area contributed by atoms with Crippen molar-refractivity contribution in [2.45, 2.75) is 39.7 Å². The molecule has 4 heteroatoms. The third-order valence-electron chi connectivity index (χ3n) is 3.49. The molecule has 19 heavy (non-hydrogen) atoms. The molecule has 0 bridgehead atoms. The summed E-state index contributed by atoms with van der Waals surface area (Å²) < 4.78 is 0. The molecule has 1 N–H and O–H groups in total. The van der Waals surface area contributed by atoms with Crippen molar-refractivity contribution in [1.82, 2.24) is 10.3 Å². The van der Waals surface area contributed by atoms with Crippen LogP contribution in [0.4, 0.5) is 5.82 Å². The molecule has 0 atom stereocenters. The Labute approximate surface area is 121 Å². The molecule has 1 fully saturated rings. The molecule has 0 saturated heterocycles. The van der Waals surface area contributed by atoms with Gasteiger partial charge in [0, 0.05) is 25.8 Å². The van der Waals surface area contributed by atoms with Crippen LogP contribution in [-0.4, -0.2) is 24.6 Å². The van der Waals surface area contributed by atoms with Gasteiger partial charge in [0.05, 0.1) is 5.02 Å². The maximum absolute atomic E-state index is 6.39. The van der Waals surface area contributed by atoms with Crippen LogP contribution in [0.15, 0.2) is 12.3 Å². The lowest BCUT2D eigenvalue weighted by Gasteiger charge is -2.23. The first-order valence-electron chi connectivity index (χ1n) is 7.34. The van der Waals surface area contributed by atoms with Crippen LogP contribution in [0.1, 0.15) is 38.7 Å². The van der Waals surface area contributed by atoms with E-state index in [1.807, 2.05) is 12.3 Å². The van der Waals surface area contributed by atoms with Crippen molar-refractivity contribution in [2.75, 3.05) is 24.5 Å². The average Bonchev–Trinajstić information content (AvgIpc) is 3.21. The lowest BCUT2D eigenvalue weighted by molar-refractivity contribution is 0.673. The topological polar surface area (TPSA) is 28.2 Å². The molecule has 0 radical (unpaired) electrons. The van der Waals surface area contributed by atoms with Gasteiger partial charge in [-0.1, -0.05) is 18.5 Å². The van der Waals surface area contributed by atoms with E-state index in [1.54, 1.807) is 0 Å². The fourth-order valence-corrected chi connectivity index (χ4v) is 2.50. The minimum absolute atomic E-state index is 0.776. The molecule has 1 saturated carbocycles. The van der Waals surface area contributed by atoms with Crippen molar-refractivity contribution in [3.8, 4) is 0 Å². The SMILES string of the molecule is CCCNCc1cnc(N(CC)CC2CC2)c(Cl)c1. The highest BCUT2D eigenvalue weighted by atomic mass is 35.5. The second-order valence-electron chi connectivity index (χ2n) is 5.31. The smallest absolute Gasteiger partial charge is 0.147 e. The molecule has 0 aliphatic heterocycles. The molecule has 0 amide bonds. The van der Waals surface area contributed by atoms with Crippen LogP contribution in [0.5, 0.6) is 0 Å². The first-order chi connectivity index (χ1) is 9.24. The molecule has 0 unspecified atom stereocenters. The Morgan fingerprint density at radius 2 is 2.21 bits per heavy atom. The van der Waals surface area contributed by atoms with Gasteiger partial charge in [-0.3, -0.25) is 0 Å². The number of nitrogens with zero attached hydrogens (tertiary/aromatic N) is 2. The van der Waals surface area contributed by atoms with Crippen LogP contribution in [0.2, 0.25) is 5.02 Å². The van der Waals surface area contributed by atoms with Crippen LogP contribution in [0, 0.1) is 5.92 Å². The predicted molar refractivity (Wildman–Crippen MR) is 81.9 cm³/mol. The summed E-state index contributed by atoms with van der Waals surface area (Å²) in [5, 5.41) is 4.15. The van der Waals surface area contributed by atoms with Crippen molar-refractivity contribution >= 4 is 17.4 Å². The summed E-state index contributed by atoms with van der Waals surface area (Å²) in [7, 11) is 0. The van der Waals surface area contributed by atoms with Gasteiger partial charge < -0.3 is 10.2 Å². The molecular weight excluding hydrogens is 258 g/mol. The summed E-state index contributed by atoms with van der Waals surface area (Å²) in [4.78, 5) is 6.86. The van der Waals surface area contributed by atoms with E-state index in [4.69, 9.17) is 11.6 Å². The molecule has 1 aromatic rings. The zero-order chi connectivity index (χ0) is 13.7. The van der Waals surface area contributed by atoms with Crippen molar-refractivity contribution in [1.29, 1.82) is 0 Å². The highest BCUT2D eigenvalue weighted by Gasteiger charge is 2.25. The van der Waals surface area contributed by atoms with Crippen LogP contribution in [0.25, 0.3) is 0 Å². The van der Waals surface area contributed by atoms with Gasteiger partial charge in [-0.05, 0) is 50.3 Å². The standard InChI is InChI=1S/C15H24ClN3/c1-3-7-17-9-13-8-14(16)15(18-10-13)19(4-2)11-12-5-6-12/h8,10,12,17H,3-7,9,11H2,1-2H3. The average molecular weight is 282 g/mol. The Balaban J connectivity index is 1.99. The van der Waals surface area contributed by atoms with E-state index in [2.05, 4.69) is 29.0 Å². The van der Waals surface area contributed by atoms with Gasteiger partial charge in [0.2, 0.25) is 0 Å². The summed E-state index contributed by atoms with van der Waals surface area (Å²) in [6, 6.07) is 2.04. The molecular formula is C15H24ClN3. The third kappa shape index (κ3) is 4.36. The Morgan fingerprint density at radius 1 is 1.42 bits per heavy atom. The molecule has 1 aromatic heterocycles. The fraction of sp³-hybridized carbons (Fsp3) is 0.667. The van der Waals surface area contributed by atoms with Crippen molar-refractivity contribution < 1.29 is 0 Å². The maximum atomic E-state index is 6.39. The normalized spacial score (nSPS) is 14.7. The monoisotopic (exact) mass is 281 g/mol. The van der Waals surface area contributed by atoms with Crippen molar-refractivity contribution in [3.63, 3.8) is 0 Å². The highest BCUT2D eigenvalue weighted by Crippen LogP contribution is 2.32. The largest absolute Gasteiger partial charge is 0.355 e. The second-order valence-corrected chi connectivity index (χ2v) is 5.71. The van der Waals surface area contributed by atoms with E-state index in [0.29, 0.717) is 0 Å². The summed E-state index contributed by atoms with van der Waals surface area (Å²) in [5.74, 6) is 1.79. The van der Waals surface area contributed by atoms with Crippen LogP contribution < -0.4 is 10.2 Å². The lowest BCUT2D eigenvalue weighted by atomic mass is 10.2. The van der Waals surface area contributed by atoms with Crippen molar-refractivity contribution in [3.05, 3.63) is 22.8 Å². The minimum Gasteiger partial charge on any atom is -0.355 e. The Morgan fingerprint density at radius 3 is 2.79 bits per heavy atom. The van der Waals surface area contributed by atoms with Gasteiger partial charge in [0.25, 0.3) is 0 Å². The summed E-state index contributed by atoms with van der Waals surface area (Å²) in [6.45, 7) is 8.26. The van der Waals surface area contributed by atoms with Crippen molar-refractivity contribution in [2.24, 2.45) is 5.92 Å². The van der Waals surface area contributed by atoms with Crippen LogP contribution in [-0.2, 0) is 6.54 Å². The molecule has 2 rings (SSSR count). The maximum Gasteiger partial charge on any atom is 0.147 e. The third-order valence-corrected chi connectivity index (χ3v) is 3.77. The van der Waals surface area contributed by atoms with E-state index in [9.17, 15) is 0 Å². The number of rotatable bonds is 8. The molecule has 106 valence electrons. The number of hydrogen-bond donors (Lipinski definition) is 1. The molecule has 3 nitrogen and oxygen atoms in total. The zero-order valence-corrected chi connectivity index (χ0v) is 12.7. The zero-order valence-electron chi connectivity index (χ0n) is 12.0. The van der Waals surface area contributed by atoms with Gasteiger partial charge in [-0.25, -0.2) is 4.98 Å². The second kappa shape index (κ2) is 7.11. The molecule has 1 aliphatic carbocycles. The minimum atomic E-state index is 0.776. The number of halogens is 1.